The molecule has 6 heteroatoms. The summed E-state index contributed by atoms with van der Waals surface area (Å²) in [5, 5.41) is 3.46. The van der Waals surface area contributed by atoms with Crippen molar-refractivity contribution in [2.45, 2.75) is 19.4 Å². The monoisotopic (exact) mass is 358 g/mol. The van der Waals surface area contributed by atoms with Gasteiger partial charge in [0.25, 0.3) is 0 Å². The van der Waals surface area contributed by atoms with Gasteiger partial charge >= 0.3 is 0 Å². The van der Waals surface area contributed by atoms with Gasteiger partial charge in [0.05, 0.1) is 11.8 Å². The molecule has 3 amide bonds. The normalized spacial score (nSPS) is 29.4. The van der Waals surface area contributed by atoms with Gasteiger partial charge in [-0.2, -0.15) is 0 Å². The maximum absolute atomic E-state index is 12.5. The lowest BCUT2D eigenvalue weighted by molar-refractivity contribution is -0.141. The second-order valence-corrected chi connectivity index (χ2v) is 7.42. The highest BCUT2D eigenvalue weighted by atomic mass is 35.5. The SMILES string of the molecule is O=C(CCN1C(=O)[C@@H]2[C@H](C1=O)[C@H]1C=C[C@H]2C1)NCc1ccc(Cl)cc1. The van der Waals surface area contributed by atoms with Crippen molar-refractivity contribution in [3.8, 4) is 0 Å². The van der Waals surface area contributed by atoms with Crippen LogP contribution in [0.25, 0.3) is 0 Å². The number of halogens is 1. The number of benzene rings is 1. The molecule has 2 aliphatic carbocycles. The van der Waals surface area contributed by atoms with Gasteiger partial charge in [0.2, 0.25) is 17.7 Å². The van der Waals surface area contributed by atoms with Crippen molar-refractivity contribution in [3.63, 3.8) is 0 Å². The average molecular weight is 359 g/mol. The van der Waals surface area contributed by atoms with E-state index in [-0.39, 0.29) is 54.4 Å². The average Bonchev–Trinajstić information content (AvgIpc) is 3.27. The van der Waals surface area contributed by atoms with Crippen LogP contribution in [0.3, 0.4) is 0 Å². The molecule has 0 unspecified atom stereocenters. The number of likely N-dealkylation sites (tertiary alicyclic amines) is 1. The maximum Gasteiger partial charge on any atom is 0.233 e. The summed E-state index contributed by atoms with van der Waals surface area (Å²) < 4.78 is 0. The molecule has 5 nitrogen and oxygen atoms in total. The highest BCUT2D eigenvalue weighted by Gasteiger charge is 2.58. The van der Waals surface area contributed by atoms with Crippen molar-refractivity contribution in [2.24, 2.45) is 23.7 Å². The summed E-state index contributed by atoms with van der Waals surface area (Å²) in [6.07, 6.45) is 5.19. The van der Waals surface area contributed by atoms with Crippen LogP contribution in [-0.2, 0) is 20.9 Å². The Morgan fingerprint density at radius 3 is 2.28 bits per heavy atom. The van der Waals surface area contributed by atoms with Crippen LogP contribution in [0.15, 0.2) is 36.4 Å². The van der Waals surface area contributed by atoms with E-state index in [1.54, 1.807) is 12.1 Å². The number of nitrogens with zero attached hydrogens (tertiary/aromatic N) is 1. The van der Waals surface area contributed by atoms with Crippen LogP contribution in [0.2, 0.25) is 5.02 Å². The number of fused-ring (bicyclic) bond motifs is 5. The van der Waals surface area contributed by atoms with Gasteiger partial charge in [-0.15, -0.1) is 0 Å². The molecule has 130 valence electrons. The minimum atomic E-state index is -0.195. The lowest BCUT2D eigenvalue weighted by Crippen LogP contribution is -2.36. The summed E-state index contributed by atoms with van der Waals surface area (Å²) >= 11 is 5.83. The molecular weight excluding hydrogens is 340 g/mol. The number of nitrogens with one attached hydrogen (secondary N) is 1. The third-order valence-electron chi connectivity index (χ3n) is 5.53. The van der Waals surface area contributed by atoms with E-state index in [1.807, 2.05) is 12.1 Å². The first kappa shape index (κ1) is 16.3. The standard InChI is InChI=1S/C19H19ClN2O3/c20-14-5-1-11(2-6-14)10-21-15(23)7-8-22-18(24)16-12-3-4-13(9-12)17(16)19(22)25/h1-6,12-13,16-17H,7-10H2,(H,21,23)/t12-,13-,16-,17+/m0/s1. The van der Waals surface area contributed by atoms with Crippen LogP contribution in [0, 0.1) is 23.7 Å². The zero-order valence-electron chi connectivity index (χ0n) is 13.7. The van der Waals surface area contributed by atoms with Crippen LogP contribution < -0.4 is 5.32 Å². The first-order valence-corrected chi connectivity index (χ1v) is 8.97. The van der Waals surface area contributed by atoms with E-state index in [2.05, 4.69) is 17.5 Å². The molecule has 3 aliphatic rings. The van der Waals surface area contributed by atoms with Crippen molar-refractivity contribution in [2.75, 3.05) is 6.54 Å². The minimum absolute atomic E-state index is 0.0997. The molecular formula is C19H19ClN2O3. The zero-order valence-corrected chi connectivity index (χ0v) is 14.4. The Morgan fingerprint density at radius 1 is 1.08 bits per heavy atom. The van der Waals surface area contributed by atoms with Crippen molar-refractivity contribution in [3.05, 3.63) is 47.0 Å². The maximum atomic E-state index is 12.5. The van der Waals surface area contributed by atoms with Gasteiger partial charge in [0.1, 0.15) is 0 Å². The van der Waals surface area contributed by atoms with Gasteiger partial charge in [-0.3, -0.25) is 19.3 Å². The van der Waals surface area contributed by atoms with Crippen LogP contribution >= 0.6 is 11.6 Å². The van der Waals surface area contributed by atoms with Gasteiger partial charge in [0, 0.05) is 24.5 Å². The Morgan fingerprint density at radius 2 is 1.68 bits per heavy atom. The Kier molecular flexibility index (Phi) is 4.12. The first-order valence-electron chi connectivity index (χ1n) is 8.59. The fraction of sp³-hybridized carbons (Fsp3) is 0.421. The Balaban J connectivity index is 1.30. The molecule has 1 N–H and O–H groups in total. The van der Waals surface area contributed by atoms with E-state index in [4.69, 9.17) is 11.6 Å². The van der Waals surface area contributed by atoms with Gasteiger partial charge in [0.15, 0.2) is 0 Å². The number of hydrogen-bond acceptors (Lipinski definition) is 3. The smallest absolute Gasteiger partial charge is 0.233 e. The third-order valence-corrected chi connectivity index (χ3v) is 5.78. The minimum Gasteiger partial charge on any atom is -0.352 e. The Bertz CT molecular complexity index is 728. The second-order valence-electron chi connectivity index (χ2n) is 6.98. The molecule has 2 bridgehead atoms. The Labute approximate surface area is 151 Å². The molecule has 25 heavy (non-hydrogen) atoms. The lowest BCUT2D eigenvalue weighted by Gasteiger charge is -2.16. The van der Waals surface area contributed by atoms with Crippen LogP contribution in [0.1, 0.15) is 18.4 Å². The molecule has 1 saturated heterocycles. The second kappa shape index (κ2) is 6.30. The van der Waals surface area contributed by atoms with Gasteiger partial charge < -0.3 is 5.32 Å². The number of allylic oxidation sites excluding steroid dienone is 2. The summed E-state index contributed by atoms with van der Waals surface area (Å²) in [5.41, 5.74) is 0.947. The largest absolute Gasteiger partial charge is 0.352 e. The summed E-state index contributed by atoms with van der Waals surface area (Å²) in [6.45, 7) is 0.563. The Hall–Kier alpha value is -2.14. The van der Waals surface area contributed by atoms with E-state index in [0.29, 0.717) is 11.6 Å². The van der Waals surface area contributed by atoms with Crippen LogP contribution in [-0.4, -0.2) is 29.2 Å². The molecule has 1 heterocycles. The highest BCUT2D eigenvalue weighted by molar-refractivity contribution is 6.30. The quantitative estimate of drug-likeness (QED) is 0.648. The molecule has 4 rings (SSSR count). The topological polar surface area (TPSA) is 66.5 Å². The van der Waals surface area contributed by atoms with Crippen molar-refractivity contribution >= 4 is 29.3 Å². The van der Waals surface area contributed by atoms with Crippen molar-refractivity contribution < 1.29 is 14.4 Å². The van der Waals surface area contributed by atoms with Gasteiger partial charge in [-0.25, -0.2) is 0 Å². The van der Waals surface area contributed by atoms with Crippen molar-refractivity contribution in [1.82, 2.24) is 10.2 Å². The van der Waals surface area contributed by atoms with E-state index in [0.717, 1.165) is 12.0 Å². The summed E-state index contributed by atoms with van der Waals surface area (Å²) in [4.78, 5) is 38.4. The number of carbonyl (C=O) groups is 3. The molecule has 4 atom stereocenters. The molecule has 2 fully saturated rings. The fourth-order valence-corrected chi connectivity index (χ4v) is 4.42. The number of imide groups is 1. The highest BCUT2D eigenvalue weighted by Crippen LogP contribution is 2.52. The molecule has 1 aliphatic heterocycles. The molecule has 0 spiro atoms. The van der Waals surface area contributed by atoms with E-state index < -0.39 is 0 Å². The van der Waals surface area contributed by atoms with E-state index in [1.165, 1.54) is 4.90 Å². The third kappa shape index (κ3) is 2.86. The first-order chi connectivity index (χ1) is 12.0. The molecule has 0 radical (unpaired) electrons. The number of hydrogen-bond donors (Lipinski definition) is 1. The van der Waals surface area contributed by atoms with Gasteiger partial charge in [-0.1, -0.05) is 35.9 Å². The number of carbonyl (C=O) groups excluding carboxylic acids is 3. The van der Waals surface area contributed by atoms with Crippen LogP contribution in [0.5, 0.6) is 0 Å². The summed E-state index contributed by atoms with van der Waals surface area (Å²) in [6, 6.07) is 7.23. The fourth-order valence-electron chi connectivity index (χ4n) is 4.29. The lowest BCUT2D eigenvalue weighted by atomic mass is 9.85. The predicted octanol–water partition coefficient (Wildman–Crippen LogP) is 2.15. The molecule has 1 aromatic carbocycles. The zero-order chi connectivity index (χ0) is 17.6. The summed E-state index contributed by atoms with van der Waals surface area (Å²) in [5.74, 6) is -0.354. The van der Waals surface area contributed by atoms with Crippen LogP contribution in [0.4, 0.5) is 0 Å². The molecule has 0 aromatic heterocycles. The van der Waals surface area contributed by atoms with E-state index in [9.17, 15) is 14.4 Å². The van der Waals surface area contributed by atoms with E-state index >= 15 is 0 Å². The summed E-state index contributed by atoms with van der Waals surface area (Å²) in [7, 11) is 0. The molecule has 1 aromatic rings. The molecule has 1 saturated carbocycles. The number of rotatable bonds is 5. The predicted molar refractivity (Wildman–Crippen MR) is 92.4 cm³/mol. The van der Waals surface area contributed by atoms with Gasteiger partial charge in [-0.05, 0) is 36.0 Å². The van der Waals surface area contributed by atoms with Crippen molar-refractivity contribution in [1.29, 1.82) is 0 Å². The number of amides is 3.